The topological polar surface area (TPSA) is 26.0 Å². The Morgan fingerprint density at radius 2 is 1.83 bits per heavy atom. The number of rotatable bonds is 1. The fourth-order valence-electron chi connectivity index (χ4n) is 1.14. The number of nitrogens with two attached hydrogens (primary N) is 1. The summed E-state index contributed by atoms with van der Waals surface area (Å²) >= 11 is 0. The Morgan fingerprint density at radius 1 is 1.25 bits per heavy atom. The van der Waals surface area contributed by atoms with Crippen LogP contribution in [0.25, 0.3) is 0 Å². The second-order valence-electron chi connectivity index (χ2n) is 3.99. The molecule has 0 saturated heterocycles. The maximum Gasteiger partial charge on any atom is 0.124 e. The van der Waals surface area contributed by atoms with Crippen LogP contribution >= 0.6 is 0 Å². The molecule has 0 unspecified atom stereocenters. The van der Waals surface area contributed by atoms with Gasteiger partial charge in [0.25, 0.3) is 0 Å². The molecule has 66 valence electrons. The van der Waals surface area contributed by atoms with Crippen molar-refractivity contribution in [1.82, 2.24) is 0 Å². The fourth-order valence-corrected chi connectivity index (χ4v) is 2.51. The third-order valence-electron chi connectivity index (χ3n) is 1.80. The molecule has 12 heavy (non-hydrogen) atoms. The van der Waals surface area contributed by atoms with Crippen LogP contribution in [0, 0.1) is 5.82 Å². The Kier molecular flexibility index (Phi) is 2.24. The molecular weight excluding hydrogens is 169 g/mol. The SMILES string of the molecule is C[Si](C)(C)c1ccc(N)cc1F. The molecule has 0 amide bonds. The first-order valence-corrected chi connectivity index (χ1v) is 7.47. The molecule has 1 nitrogen and oxygen atoms in total. The molecule has 0 heterocycles. The molecule has 0 radical (unpaired) electrons. The van der Waals surface area contributed by atoms with Crippen LogP contribution in [-0.4, -0.2) is 8.07 Å². The lowest BCUT2D eigenvalue weighted by Gasteiger charge is -2.17. The second-order valence-corrected chi connectivity index (χ2v) is 9.03. The summed E-state index contributed by atoms with van der Waals surface area (Å²) in [6.07, 6.45) is 0. The van der Waals surface area contributed by atoms with E-state index in [1.165, 1.54) is 6.07 Å². The number of benzene rings is 1. The lowest BCUT2D eigenvalue weighted by molar-refractivity contribution is 0.635. The first kappa shape index (κ1) is 9.26. The molecule has 0 aliphatic carbocycles. The number of anilines is 1. The first-order chi connectivity index (χ1) is 5.41. The molecule has 2 N–H and O–H groups in total. The van der Waals surface area contributed by atoms with Gasteiger partial charge in [0.05, 0.1) is 8.07 Å². The van der Waals surface area contributed by atoms with E-state index < -0.39 is 8.07 Å². The number of hydrogen-bond acceptors (Lipinski definition) is 1. The third kappa shape index (κ3) is 1.85. The summed E-state index contributed by atoms with van der Waals surface area (Å²) in [4.78, 5) is 0. The van der Waals surface area contributed by atoms with E-state index in [1.807, 2.05) is 0 Å². The van der Waals surface area contributed by atoms with Crippen molar-refractivity contribution in [3.05, 3.63) is 24.0 Å². The predicted octanol–water partition coefficient (Wildman–Crippen LogP) is 1.95. The summed E-state index contributed by atoms with van der Waals surface area (Å²) < 4.78 is 13.3. The zero-order valence-electron chi connectivity index (χ0n) is 7.69. The van der Waals surface area contributed by atoms with Crippen LogP contribution in [0.5, 0.6) is 0 Å². The van der Waals surface area contributed by atoms with Crippen LogP contribution in [0.4, 0.5) is 10.1 Å². The van der Waals surface area contributed by atoms with Crippen molar-refractivity contribution in [2.45, 2.75) is 19.6 Å². The Balaban J connectivity index is 3.19. The molecule has 0 spiro atoms. The summed E-state index contributed by atoms with van der Waals surface area (Å²) in [5.74, 6) is -0.158. The zero-order chi connectivity index (χ0) is 9.35. The third-order valence-corrected chi connectivity index (χ3v) is 3.82. The van der Waals surface area contributed by atoms with Gasteiger partial charge >= 0.3 is 0 Å². The number of nitrogen functional groups attached to an aromatic ring is 1. The van der Waals surface area contributed by atoms with Crippen molar-refractivity contribution >= 4 is 18.9 Å². The maximum atomic E-state index is 13.3. The van der Waals surface area contributed by atoms with Crippen molar-refractivity contribution in [1.29, 1.82) is 0 Å². The van der Waals surface area contributed by atoms with Gasteiger partial charge in [0.15, 0.2) is 0 Å². The highest BCUT2D eigenvalue weighted by atomic mass is 28.3. The lowest BCUT2D eigenvalue weighted by Crippen LogP contribution is -2.39. The summed E-state index contributed by atoms with van der Waals surface area (Å²) in [6, 6.07) is 4.96. The van der Waals surface area contributed by atoms with E-state index in [0.717, 1.165) is 5.19 Å². The van der Waals surface area contributed by atoms with Gasteiger partial charge in [-0.1, -0.05) is 25.7 Å². The Bertz CT molecular complexity index is 291. The Morgan fingerprint density at radius 3 is 2.25 bits per heavy atom. The number of hydrogen-bond donors (Lipinski definition) is 1. The molecule has 1 rings (SSSR count). The van der Waals surface area contributed by atoms with Crippen LogP contribution in [0.1, 0.15) is 0 Å². The summed E-state index contributed by atoms with van der Waals surface area (Å²) in [5, 5.41) is 0.844. The van der Waals surface area contributed by atoms with Gasteiger partial charge in [-0.25, -0.2) is 4.39 Å². The largest absolute Gasteiger partial charge is 0.399 e. The summed E-state index contributed by atoms with van der Waals surface area (Å²) in [5.41, 5.74) is 5.94. The lowest BCUT2D eigenvalue weighted by atomic mass is 10.3. The van der Waals surface area contributed by atoms with Crippen LogP contribution in [0.2, 0.25) is 19.6 Å². The van der Waals surface area contributed by atoms with Gasteiger partial charge in [-0.05, 0) is 17.3 Å². The van der Waals surface area contributed by atoms with Gasteiger partial charge in [0, 0.05) is 5.69 Å². The molecule has 0 fully saturated rings. The van der Waals surface area contributed by atoms with E-state index in [-0.39, 0.29) is 5.82 Å². The van der Waals surface area contributed by atoms with E-state index in [1.54, 1.807) is 12.1 Å². The van der Waals surface area contributed by atoms with Crippen molar-refractivity contribution in [2.24, 2.45) is 0 Å². The average molecular weight is 183 g/mol. The fraction of sp³-hybridized carbons (Fsp3) is 0.333. The molecule has 0 saturated carbocycles. The summed E-state index contributed by atoms with van der Waals surface area (Å²) in [6.45, 7) is 6.34. The highest BCUT2D eigenvalue weighted by Gasteiger charge is 2.20. The van der Waals surface area contributed by atoms with E-state index in [2.05, 4.69) is 19.6 Å². The first-order valence-electron chi connectivity index (χ1n) is 3.97. The van der Waals surface area contributed by atoms with E-state index >= 15 is 0 Å². The van der Waals surface area contributed by atoms with E-state index in [0.29, 0.717) is 5.69 Å². The van der Waals surface area contributed by atoms with Crippen molar-refractivity contribution < 1.29 is 4.39 Å². The smallest absolute Gasteiger partial charge is 0.124 e. The summed E-state index contributed by atoms with van der Waals surface area (Å²) in [7, 11) is -1.53. The Labute approximate surface area is 73.4 Å². The van der Waals surface area contributed by atoms with Gasteiger partial charge < -0.3 is 5.73 Å². The quantitative estimate of drug-likeness (QED) is 0.522. The molecule has 0 aromatic heterocycles. The minimum atomic E-state index is -1.53. The molecule has 0 bridgehead atoms. The molecule has 0 aliphatic heterocycles. The highest BCUT2D eigenvalue weighted by Crippen LogP contribution is 2.09. The van der Waals surface area contributed by atoms with Crippen molar-refractivity contribution in [3.63, 3.8) is 0 Å². The van der Waals surface area contributed by atoms with E-state index in [4.69, 9.17) is 5.73 Å². The monoisotopic (exact) mass is 183 g/mol. The average Bonchev–Trinajstić information content (AvgIpc) is 1.83. The molecule has 3 heteroatoms. The van der Waals surface area contributed by atoms with Crippen LogP contribution in [0.15, 0.2) is 18.2 Å². The highest BCUT2D eigenvalue weighted by molar-refractivity contribution is 6.88. The second kappa shape index (κ2) is 2.90. The van der Waals surface area contributed by atoms with Crippen LogP contribution < -0.4 is 10.9 Å². The van der Waals surface area contributed by atoms with Crippen LogP contribution in [-0.2, 0) is 0 Å². The van der Waals surface area contributed by atoms with Gasteiger partial charge in [-0.15, -0.1) is 0 Å². The van der Waals surface area contributed by atoms with Gasteiger partial charge in [-0.3, -0.25) is 0 Å². The molecule has 1 aromatic carbocycles. The molecular formula is C9H14FNSi. The van der Waals surface area contributed by atoms with E-state index in [9.17, 15) is 4.39 Å². The zero-order valence-corrected chi connectivity index (χ0v) is 8.69. The molecule has 1 aromatic rings. The minimum absolute atomic E-state index is 0.158. The molecule has 0 aliphatic rings. The molecule has 0 atom stereocenters. The van der Waals surface area contributed by atoms with Crippen molar-refractivity contribution in [2.75, 3.05) is 5.73 Å². The Hall–Kier alpha value is -0.833. The van der Waals surface area contributed by atoms with Crippen molar-refractivity contribution in [3.8, 4) is 0 Å². The normalized spacial score (nSPS) is 11.7. The van der Waals surface area contributed by atoms with Gasteiger partial charge in [0.2, 0.25) is 0 Å². The predicted molar refractivity (Wildman–Crippen MR) is 53.8 cm³/mol. The standard InChI is InChI=1S/C9H14FNSi/c1-12(2,3)9-5-4-7(11)6-8(9)10/h4-6H,11H2,1-3H3. The number of halogens is 1. The maximum absolute atomic E-state index is 13.3. The minimum Gasteiger partial charge on any atom is -0.399 e. The van der Waals surface area contributed by atoms with Crippen LogP contribution in [0.3, 0.4) is 0 Å². The van der Waals surface area contributed by atoms with Gasteiger partial charge in [0.1, 0.15) is 5.82 Å². The van der Waals surface area contributed by atoms with Gasteiger partial charge in [-0.2, -0.15) is 0 Å².